The molecule has 18 heavy (non-hydrogen) atoms. The number of nitrogens with zero attached hydrogens (tertiary/aromatic N) is 1. The Morgan fingerprint density at radius 2 is 2.28 bits per heavy atom. The Kier molecular flexibility index (Phi) is 4.47. The highest BCUT2D eigenvalue weighted by molar-refractivity contribution is 7.99. The van der Waals surface area contributed by atoms with E-state index in [1.54, 1.807) is 6.20 Å². The summed E-state index contributed by atoms with van der Waals surface area (Å²) in [5, 5.41) is 5.48. The lowest BCUT2D eigenvalue weighted by molar-refractivity contribution is 1.23. The molecule has 2 rings (SSSR count). The Bertz CT molecular complexity index is 540. The van der Waals surface area contributed by atoms with Crippen molar-refractivity contribution in [3.05, 3.63) is 43.2 Å². The fourth-order valence-corrected chi connectivity index (χ4v) is 2.35. The van der Waals surface area contributed by atoms with Crippen LogP contribution in [0.3, 0.4) is 0 Å². The molecular weight excluding hydrogens is 242 g/mol. The minimum Gasteiger partial charge on any atom is -0.397 e. The summed E-state index contributed by atoms with van der Waals surface area (Å²) < 4.78 is 0. The molecule has 0 saturated heterocycles. The van der Waals surface area contributed by atoms with E-state index < -0.39 is 0 Å². The highest BCUT2D eigenvalue weighted by atomic mass is 32.2. The largest absolute Gasteiger partial charge is 0.397 e. The average molecular weight is 259 g/mol. The number of nitrogen functional groups attached to an aromatic ring is 1. The van der Waals surface area contributed by atoms with Crippen molar-refractivity contribution in [3.8, 4) is 0 Å². The van der Waals surface area contributed by atoms with Gasteiger partial charge in [-0.3, -0.25) is 4.98 Å². The van der Waals surface area contributed by atoms with Crippen LogP contribution in [0.15, 0.2) is 43.2 Å². The van der Waals surface area contributed by atoms with Crippen molar-refractivity contribution in [1.29, 1.82) is 0 Å². The maximum absolute atomic E-state index is 6.15. The highest BCUT2D eigenvalue weighted by Gasteiger charge is 2.03. The second-order valence-electron chi connectivity index (χ2n) is 3.91. The SMILES string of the molecule is C=CCSCCNc1ccc2cnccc2c1N. The molecule has 0 fully saturated rings. The molecule has 0 aliphatic carbocycles. The molecule has 0 unspecified atom stereocenters. The van der Waals surface area contributed by atoms with Crippen molar-refractivity contribution in [3.63, 3.8) is 0 Å². The second-order valence-corrected chi connectivity index (χ2v) is 5.06. The topological polar surface area (TPSA) is 50.9 Å². The van der Waals surface area contributed by atoms with Crippen LogP contribution in [0, 0.1) is 0 Å². The lowest BCUT2D eigenvalue weighted by Crippen LogP contribution is -2.06. The van der Waals surface area contributed by atoms with Crippen LogP contribution in [-0.2, 0) is 0 Å². The van der Waals surface area contributed by atoms with E-state index in [4.69, 9.17) is 5.73 Å². The molecule has 0 radical (unpaired) electrons. The number of benzene rings is 1. The molecule has 2 aromatic rings. The van der Waals surface area contributed by atoms with Gasteiger partial charge in [0, 0.05) is 41.2 Å². The van der Waals surface area contributed by atoms with Gasteiger partial charge in [-0.05, 0) is 12.1 Å². The standard InChI is InChI=1S/C14H17N3S/c1-2-8-18-9-7-17-13-4-3-11-10-16-6-5-12(11)14(13)15/h2-6,10,17H,1,7-9,15H2. The molecule has 0 amide bonds. The normalized spacial score (nSPS) is 10.4. The first-order valence-electron chi connectivity index (χ1n) is 5.87. The summed E-state index contributed by atoms with van der Waals surface area (Å²) in [6.45, 7) is 4.60. The van der Waals surface area contributed by atoms with Crippen molar-refractivity contribution in [2.45, 2.75) is 0 Å². The van der Waals surface area contributed by atoms with E-state index in [0.717, 1.165) is 40.2 Å². The fraction of sp³-hybridized carbons (Fsp3) is 0.214. The highest BCUT2D eigenvalue weighted by Crippen LogP contribution is 2.27. The monoisotopic (exact) mass is 259 g/mol. The molecule has 0 saturated carbocycles. The first-order chi connectivity index (χ1) is 8.83. The van der Waals surface area contributed by atoms with Gasteiger partial charge >= 0.3 is 0 Å². The van der Waals surface area contributed by atoms with Crippen molar-refractivity contribution in [2.75, 3.05) is 29.1 Å². The lowest BCUT2D eigenvalue weighted by Gasteiger charge is -2.11. The molecule has 3 N–H and O–H groups in total. The smallest absolute Gasteiger partial charge is 0.0630 e. The molecule has 4 heteroatoms. The summed E-state index contributed by atoms with van der Waals surface area (Å²) >= 11 is 1.85. The number of aromatic nitrogens is 1. The summed E-state index contributed by atoms with van der Waals surface area (Å²) in [7, 11) is 0. The van der Waals surface area contributed by atoms with Gasteiger partial charge in [0.1, 0.15) is 0 Å². The van der Waals surface area contributed by atoms with Crippen LogP contribution in [0.1, 0.15) is 0 Å². The molecule has 0 atom stereocenters. The maximum atomic E-state index is 6.15. The summed E-state index contributed by atoms with van der Waals surface area (Å²) in [5.41, 5.74) is 7.94. The molecule has 0 bridgehead atoms. The number of nitrogens with two attached hydrogens (primary N) is 1. The third kappa shape index (κ3) is 2.96. The van der Waals surface area contributed by atoms with Crippen molar-refractivity contribution >= 4 is 33.9 Å². The Hall–Kier alpha value is -1.68. The number of hydrogen-bond acceptors (Lipinski definition) is 4. The predicted molar refractivity (Wildman–Crippen MR) is 82.2 cm³/mol. The van der Waals surface area contributed by atoms with Gasteiger partial charge in [-0.1, -0.05) is 12.1 Å². The molecule has 0 aliphatic heterocycles. The summed E-state index contributed by atoms with van der Waals surface area (Å²) in [5.74, 6) is 2.03. The van der Waals surface area contributed by atoms with Gasteiger partial charge in [0.05, 0.1) is 11.4 Å². The Balaban J connectivity index is 2.05. The van der Waals surface area contributed by atoms with Gasteiger partial charge in [0.25, 0.3) is 0 Å². The van der Waals surface area contributed by atoms with Gasteiger partial charge in [0.2, 0.25) is 0 Å². The predicted octanol–water partition coefficient (Wildman–Crippen LogP) is 3.15. The number of nitrogens with one attached hydrogen (secondary N) is 1. The molecule has 0 spiro atoms. The number of anilines is 2. The van der Waals surface area contributed by atoms with Gasteiger partial charge in [-0.25, -0.2) is 0 Å². The number of fused-ring (bicyclic) bond motifs is 1. The van der Waals surface area contributed by atoms with E-state index in [1.165, 1.54) is 0 Å². The summed E-state index contributed by atoms with van der Waals surface area (Å²) in [6, 6.07) is 6.00. The van der Waals surface area contributed by atoms with Crippen LogP contribution < -0.4 is 11.1 Å². The van der Waals surface area contributed by atoms with E-state index in [9.17, 15) is 0 Å². The quantitative estimate of drug-likeness (QED) is 0.475. The number of pyridine rings is 1. The molecule has 1 aromatic carbocycles. The minimum absolute atomic E-state index is 0.795. The van der Waals surface area contributed by atoms with Crippen molar-refractivity contribution in [2.24, 2.45) is 0 Å². The number of hydrogen-bond donors (Lipinski definition) is 2. The third-order valence-corrected chi connectivity index (χ3v) is 3.62. The number of thioether (sulfide) groups is 1. The van der Waals surface area contributed by atoms with Crippen LogP contribution >= 0.6 is 11.8 Å². The van der Waals surface area contributed by atoms with E-state index in [-0.39, 0.29) is 0 Å². The van der Waals surface area contributed by atoms with Crippen LogP contribution in [0.2, 0.25) is 0 Å². The van der Waals surface area contributed by atoms with E-state index in [0.29, 0.717) is 0 Å². The first kappa shape index (κ1) is 12.8. The third-order valence-electron chi connectivity index (χ3n) is 2.66. The molecular formula is C14H17N3S. The van der Waals surface area contributed by atoms with Crippen molar-refractivity contribution < 1.29 is 0 Å². The van der Waals surface area contributed by atoms with E-state index in [2.05, 4.69) is 16.9 Å². The summed E-state index contributed by atoms with van der Waals surface area (Å²) in [6.07, 6.45) is 5.51. The minimum atomic E-state index is 0.795. The lowest BCUT2D eigenvalue weighted by atomic mass is 10.1. The Morgan fingerprint density at radius 1 is 1.39 bits per heavy atom. The molecule has 3 nitrogen and oxygen atoms in total. The van der Waals surface area contributed by atoms with E-state index >= 15 is 0 Å². The van der Waals surface area contributed by atoms with Gasteiger partial charge in [-0.15, -0.1) is 6.58 Å². The van der Waals surface area contributed by atoms with Crippen LogP contribution in [0.5, 0.6) is 0 Å². The van der Waals surface area contributed by atoms with Gasteiger partial charge < -0.3 is 11.1 Å². The van der Waals surface area contributed by atoms with Crippen LogP contribution in [0.4, 0.5) is 11.4 Å². The summed E-state index contributed by atoms with van der Waals surface area (Å²) in [4.78, 5) is 4.09. The zero-order valence-electron chi connectivity index (χ0n) is 10.2. The first-order valence-corrected chi connectivity index (χ1v) is 7.03. The molecule has 1 heterocycles. The molecule has 1 aromatic heterocycles. The second kappa shape index (κ2) is 6.31. The zero-order chi connectivity index (χ0) is 12.8. The maximum Gasteiger partial charge on any atom is 0.0630 e. The van der Waals surface area contributed by atoms with Gasteiger partial charge in [0.15, 0.2) is 0 Å². The van der Waals surface area contributed by atoms with Gasteiger partial charge in [-0.2, -0.15) is 11.8 Å². The van der Waals surface area contributed by atoms with E-state index in [1.807, 2.05) is 42.2 Å². The zero-order valence-corrected chi connectivity index (χ0v) is 11.0. The Morgan fingerprint density at radius 3 is 3.11 bits per heavy atom. The number of rotatable bonds is 6. The molecule has 94 valence electrons. The van der Waals surface area contributed by atoms with Crippen LogP contribution in [0.25, 0.3) is 10.8 Å². The van der Waals surface area contributed by atoms with Crippen molar-refractivity contribution in [1.82, 2.24) is 4.98 Å². The average Bonchev–Trinajstić information content (AvgIpc) is 2.41. The molecule has 0 aliphatic rings. The van der Waals surface area contributed by atoms with Crippen LogP contribution in [-0.4, -0.2) is 23.0 Å². The Labute approximate surface area is 111 Å². The fourth-order valence-electron chi connectivity index (χ4n) is 1.77.